The SMILES string of the molecule is COC(=O)c1cc(Br)cc(Br)c1NCc1cnc(C)s1. The predicted molar refractivity (Wildman–Crippen MR) is 87.4 cm³/mol. The highest BCUT2D eigenvalue weighted by atomic mass is 79.9. The molecule has 2 rings (SSSR count). The quantitative estimate of drug-likeness (QED) is 0.747. The normalized spacial score (nSPS) is 10.4. The number of hydrogen-bond donors (Lipinski definition) is 1. The topological polar surface area (TPSA) is 51.2 Å². The van der Waals surface area contributed by atoms with Crippen LogP contribution in [0.5, 0.6) is 0 Å². The molecule has 1 N–H and O–H groups in total. The highest BCUT2D eigenvalue weighted by Crippen LogP contribution is 2.32. The first-order chi connectivity index (χ1) is 9.51. The van der Waals surface area contributed by atoms with Crippen LogP contribution in [0.25, 0.3) is 0 Å². The molecule has 0 saturated carbocycles. The highest BCUT2D eigenvalue weighted by Gasteiger charge is 2.16. The molecule has 0 saturated heterocycles. The molecule has 1 heterocycles. The first-order valence-corrected chi connectivity index (χ1v) is 8.14. The lowest BCUT2D eigenvalue weighted by molar-refractivity contribution is 0.0601. The summed E-state index contributed by atoms with van der Waals surface area (Å²) in [4.78, 5) is 17.2. The molecule has 4 nitrogen and oxygen atoms in total. The summed E-state index contributed by atoms with van der Waals surface area (Å²) in [6.07, 6.45) is 1.83. The molecular weight excluding hydrogens is 408 g/mol. The van der Waals surface area contributed by atoms with Gasteiger partial charge in [0.1, 0.15) is 0 Å². The van der Waals surface area contributed by atoms with E-state index < -0.39 is 0 Å². The maximum atomic E-state index is 11.8. The van der Waals surface area contributed by atoms with Crippen LogP contribution in [0.15, 0.2) is 27.3 Å². The number of benzene rings is 1. The molecule has 7 heteroatoms. The molecule has 1 aromatic carbocycles. The molecule has 0 bridgehead atoms. The summed E-state index contributed by atoms with van der Waals surface area (Å²) in [6, 6.07) is 3.61. The third-order valence-corrected chi connectivity index (χ3v) is 4.56. The second kappa shape index (κ2) is 6.69. The second-order valence-electron chi connectivity index (χ2n) is 4.00. The number of hydrogen-bond acceptors (Lipinski definition) is 5. The third-order valence-electron chi connectivity index (χ3n) is 2.57. The molecule has 0 fully saturated rings. The van der Waals surface area contributed by atoms with Crippen LogP contribution in [0.4, 0.5) is 5.69 Å². The molecule has 0 aliphatic rings. The Morgan fingerprint density at radius 3 is 2.80 bits per heavy atom. The van der Waals surface area contributed by atoms with E-state index in [2.05, 4.69) is 42.2 Å². The summed E-state index contributed by atoms with van der Waals surface area (Å²) in [5.41, 5.74) is 1.20. The van der Waals surface area contributed by atoms with Gasteiger partial charge in [-0.05, 0) is 35.0 Å². The summed E-state index contributed by atoms with van der Waals surface area (Å²) >= 11 is 8.45. The molecule has 0 aliphatic carbocycles. The van der Waals surface area contributed by atoms with Gasteiger partial charge in [0.25, 0.3) is 0 Å². The van der Waals surface area contributed by atoms with Gasteiger partial charge in [-0.15, -0.1) is 11.3 Å². The van der Waals surface area contributed by atoms with Crippen LogP contribution in [0, 0.1) is 6.92 Å². The number of ether oxygens (including phenoxy) is 1. The number of aromatic nitrogens is 1. The summed E-state index contributed by atoms with van der Waals surface area (Å²) in [5.74, 6) is -0.380. The van der Waals surface area contributed by atoms with Crippen molar-refractivity contribution in [3.8, 4) is 0 Å². The molecule has 1 aromatic heterocycles. The Morgan fingerprint density at radius 2 is 2.20 bits per heavy atom. The Balaban J connectivity index is 2.27. The fourth-order valence-corrected chi connectivity index (χ4v) is 3.79. The van der Waals surface area contributed by atoms with E-state index in [0.29, 0.717) is 17.8 Å². The van der Waals surface area contributed by atoms with Crippen LogP contribution in [0.3, 0.4) is 0 Å². The van der Waals surface area contributed by atoms with Gasteiger partial charge in [0, 0.05) is 20.0 Å². The van der Waals surface area contributed by atoms with Gasteiger partial charge >= 0.3 is 5.97 Å². The van der Waals surface area contributed by atoms with Gasteiger partial charge in [-0.25, -0.2) is 9.78 Å². The van der Waals surface area contributed by atoms with Gasteiger partial charge in [0.2, 0.25) is 0 Å². The first-order valence-electron chi connectivity index (χ1n) is 5.73. The molecule has 20 heavy (non-hydrogen) atoms. The number of methoxy groups -OCH3 is 1. The number of nitrogens with one attached hydrogen (secondary N) is 1. The largest absolute Gasteiger partial charge is 0.465 e. The van der Waals surface area contributed by atoms with Crippen molar-refractivity contribution < 1.29 is 9.53 Å². The molecule has 0 amide bonds. The molecule has 106 valence electrons. The van der Waals surface area contributed by atoms with Gasteiger partial charge in [-0.1, -0.05) is 15.9 Å². The van der Waals surface area contributed by atoms with Crippen molar-refractivity contribution >= 4 is 54.9 Å². The number of carbonyl (C=O) groups excluding carboxylic acids is 1. The predicted octanol–water partition coefficient (Wildman–Crippen LogP) is 4.38. The summed E-state index contributed by atoms with van der Waals surface area (Å²) in [7, 11) is 1.37. The van der Waals surface area contributed by atoms with Gasteiger partial charge in [-0.3, -0.25) is 0 Å². The van der Waals surface area contributed by atoms with Crippen LogP contribution in [0.2, 0.25) is 0 Å². The zero-order chi connectivity index (χ0) is 14.7. The van der Waals surface area contributed by atoms with Gasteiger partial charge in [-0.2, -0.15) is 0 Å². The minimum atomic E-state index is -0.380. The van der Waals surface area contributed by atoms with E-state index in [0.717, 1.165) is 18.8 Å². The number of halogens is 2. The van der Waals surface area contributed by atoms with E-state index >= 15 is 0 Å². The number of esters is 1. The Labute approximate surface area is 137 Å². The molecule has 0 atom stereocenters. The molecular formula is C13H12Br2N2O2S. The van der Waals surface area contributed by atoms with E-state index in [4.69, 9.17) is 4.74 Å². The van der Waals surface area contributed by atoms with Gasteiger partial charge in [0.15, 0.2) is 0 Å². The molecule has 0 spiro atoms. The highest BCUT2D eigenvalue weighted by molar-refractivity contribution is 9.11. The molecule has 0 aliphatic heterocycles. The van der Waals surface area contributed by atoms with Crippen LogP contribution in [0.1, 0.15) is 20.2 Å². The lowest BCUT2D eigenvalue weighted by atomic mass is 10.2. The van der Waals surface area contributed by atoms with E-state index in [9.17, 15) is 4.79 Å². The zero-order valence-electron chi connectivity index (χ0n) is 10.9. The van der Waals surface area contributed by atoms with Gasteiger partial charge in [0.05, 0.1) is 29.9 Å². The number of carbonyl (C=O) groups is 1. The standard InChI is InChI=1S/C13H12Br2N2O2S/c1-7-16-5-9(20-7)6-17-12-10(13(18)19-2)3-8(14)4-11(12)15/h3-5,17H,6H2,1-2H3. The zero-order valence-corrected chi connectivity index (χ0v) is 14.9. The van der Waals surface area contributed by atoms with E-state index in [1.807, 2.05) is 19.2 Å². The number of thiazole rings is 1. The van der Waals surface area contributed by atoms with E-state index in [1.54, 1.807) is 17.4 Å². The lowest BCUT2D eigenvalue weighted by Gasteiger charge is -2.12. The lowest BCUT2D eigenvalue weighted by Crippen LogP contribution is -2.08. The smallest absolute Gasteiger partial charge is 0.340 e. The maximum Gasteiger partial charge on any atom is 0.340 e. The third kappa shape index (κ3) is 3.59. The van der Waals surface area contributed by atoms with Crippen molar-refractivity contribution in [2.45, 2.75) is 13.5 Å². The van der Waals surface area contributed by atoms with E-state index in [1.165, 1.54) is 7.11 Å². The van der Waals surface area contributed by atoms with Crippen LogP contribution in [-0.4, -0.2) is 18.1 Å². The number of nitrogens with zero attached hydrogens (tertiary/aromatic N) is 1. The number of aryl methyl sites for hydroxylation is 1. The second-order valence-corrected chi connectivity index (χ2v) is 7.09. The number of rotatable bonds is 4. The van der Waals surface area contributed by atoms with Crippen molar-refractivity contribution in [1.82, 2.24) is 4.98 Å². The molecule has 0 unspecified atom stereocenters. The maximum absolute atomic E-state index is 11.8. The summed E-state index contributed by atoms with van der Waals surface area (Å²) in [5, 5.41) is 4.27. The Morgan fingerprint density at radius 1 is 1.45 bits per heavy atom. The van der Waals surface area contributed by atoms with Crippen molar-refractivity contribution in [3.63, 3.8) is 0 Å². The first kappa shape index (κ1) is 15.5. The van der Waals surface area contributed by atoms with Crippen LogP contribution in [-0.2, 0) is 11.3 Å². The summed E-state index contributed by atoms with van der Waals surface area (Å²) < 4.78 is 6.42. The Hall–Kier alpha value is -0.920. The van der Waals surface area contributed by atoms with Crippen molar-refractivity contribution in [1.29, 1.82) is 0 Å². The average Bonchev–Trinajstić information content (AvgIpc) is 2.81. The van der Waals surface area contributed by atoms with Gasteiger partial charge < -0.3 is 10.1 Å². The van der Waals surface area contributed by atoms with Crippen molar-refractivity contribution in [2.24, 2.45) is 0 Å². The Bertz CT molecular complexity index is 643. The minimum Gasteiger partial charge on any atom is -0.465 e. The van der Waals surface area contributed by atoms with Crippen LogP contribution < -0.4 is 5.32 Å². The number of anilines is 1. The van der Waals surface area contributed by atoms with Crippen molar-refractivity contribution in [3.05, 3.63) is 42.7 Å². The average molecular weight is 420 g/mol. The molecule has 0 radical (unpaired) electrons. The minimum absolute atomic E-state index is 0.380. The summed E-state index contributed by atoms with van der Waals surface area (Å²) in [6.45, 7) is 2.57. The van der Waals surface area contributed by atoms with E-state index in [-0.39, 0.29) is 5.97 Å². The molecule has 2 aromatic rings. The van der Waals surface area contributed by atoms with Crippen molar-refractivity contribution in [2.75, 3.05) is 12.4 Å². The van der Waals surface area contributed by atoms with Crippen LogP contribution >= 0.6 is 43.2 Å². The Kier molecular flexibility index (Phi) is 5.17. The fraction of sp³-hybridized carbons (Fsp3) is 0.231. The monoisotopic (exact) mass is 418 g/mol. The fourth-order valence-electron chi connectivity index (χ4n) is 1.69.